The largest absolute Gasteiger partial charge is 0.390 e. The summed E-state index contributed by atoms with van der Waals surface area (Å²) in [4.78, 5) is 13.0. The Kier molecular flexibility index (Phi) is 4.58. The van der Waals surface area contributed by atoms with Crippen LogP contribution in [-0.2, 0) is 4.79 Å². The van der Waals surface area contributed by atoms with E-state index in [0.29, 0.717) is 13.1 Å². The van der Waals surface area contributed by atoms with Gasteiger partial charge in [0.2, 0.25) is 5.91 Å². The summed E-state index contributed by atoms with van der Waals surface area (Å²) < 4.78 is 36.1. The van der Waals surface area contributed by atoms with E-state index in [4.69, 9.17) is 0 Å². The van der Waals surface area contributed by atoms with Crippen LogP contribution in [0, 0.1) is 0 Å². The first-order chi connectivity index (χ1) is 7.44. The average molecular weight is 238 g/mol. The third-order valence-corrected chi connectivity index (χ3v) is 2.65. The van der Waals surface area contributed by atoms with Crippen molar-refractivity contribution in [3.05, 3.63) is 0 Å². The van der Waals surface area contributed by atoms with Crippen LogP contribution in [0.5, 0.6) is 0 Å². The van der Waals surface area contributed by atoms with Crippen LogP contribution in [0.25, 0.3) is 0 Å². The molecule has 1 heterocycles. The molecular formula is C10H17F3N2O. The van der Waals surface area contributed by atoms with Crippen LogP contribution < -0.4 is 5.32 Å². The smallest absolute Gasteiger partial charge is 0.341 e. The topological polar surface area (TPSA) is 32.3 Å². The van der Waals surface area contributed by atoms with Crippen LogP contribution in [0.2, 0.25) is 0 Å². The Balaban J connectivity index is 2.44. The van der Waals surface area contributed by atoms with E-state index >= 15 is 0 Å². The second-order valence-electron chi connectivity index (χ2n) is 3.94. The zero-order chi connectivity index (χ0) is 12.2. The predicted molar refractivity (Wildman–Crippen MR) is 54.0 cm³/mol. The monoisotopic (exact) mass is 238 g/mol. The molecule has 1 N–H and O–H groups in total. The maximum Gasteiger partial charge on any atom is 0.390 e. The molecule has 1 aliphatic heterocycles. The van der Waals surface area contributed by atoms with Gasteiger partial charge in [-0.3, -0.25) is 4.79 Å². The Morgan fingerprint density at radius 1 is 1.50 bits per heavy atom. The Labute approximate surface area is 93.0 Å². The highest BCUT2D eigenvalue weighted by atomic mass is 19.4. The molecule has 0 bridgehead atoms. The van der Waals surface area contributed by atoms with Gasteiger partial charge in [-0.1, -0.05) is 6.92 Å². The fourth-order valence-electron chi connectivity index (χ4n) is 1.86. The first-order valence-electron chi connectivity index (χ1n) is 5.53. The molecule has 16 heavy (non-hydrogen) atoms. The first kappa shape index (κ1) is 13.3. The number of rotatable bonds is 4. The highest BCUT2D eigenvalue weighted by Crippen LogP contribution is 2.21. The number of amides is 1. The van der Waals surface area contributed by atoms with Crippen LogP contribution >= 0.6 is 0 Å². The van der Waals surface area contributed by atoms with Gasteiger partial charge in [-0.15, -0.1) is 0 Å². The summed E-state index contributed by atoms with van der Waals surface area (Å²) in [7, 11) is 0. The van der Waals surface area contributed by atoms with Gasteiger partial charge in [-0.25, -0.2) is 0 Å². The Morgan fingerprint density at radius 2 is 2.19 bits per heavy atom. The van der Waals surface area contributed by atoms with Gasteiger partial charge in [0.25, 0.3) is 0 Å². The zero-order valence-electron chi connectivity index (χ0n) is 9.31. The van der Waals surface area contributed by atoms with Crippen molar-refractivity contribution in [2.75, 3.05) is 19.6 Å². The quantitative estimate of drug-likeness (QED) is 0.805. The molecule has 0 spiro atoms. The summed E-state index contributed by atoms with van der Waals surface area (Å²) in [6.45, 7) is 2.76. The van der Waals surface area contributed by atoms with Crippen molar-refractivity contribution < 1.29 is 18.0 Å². The molecule has 94 valence electrons. The van der Waals surface area contributed by atoms with Gasteiger partial charge in [0.05, 0.1) is 12.5 Å². The fraction of sp³-hybridized carbons (Fsp3) is 0.900. The molecule has 1 aliphatic rings. The van der Waals surface area contributed by atoms with Crippen molar-refractivity contribution >= 4 is 5.91 Å². The normalized spacial score (nSPS) is 22.6. The van der Waals surface area contributed by atoms with Crippen LogP contribution in [0.15, 0.2) is 0 Å². The summed E-state index contributed by atoms with van der Waals surface area (Å²) in [6, 6.07) is -0.299. The lowest BCUT2D eigenvalue weighted by Gasteiger charge is -2.32. The number of piperidine rings is 1. The van der Waals surface area contributed by atoms with E-state index in [1.165, 1.54) is 4.90 Å². The van der Waals surface area contributed by atoms with E-state index in [1.54, 1.807) is 0 Å². The summed E-state index contributed by atoms with van der Waals surface area (Å²) in [6.07, 6.45) is -3.63. The van der Waals surface area contributed by atoms with E-state index in [1.807, 2.05) is 6.92 Å². The van der Waals surface area contributed by atoms with E-state index in [2.05, 4.69) is 5.32 Å². The molecule has 0 aliphatic carbocycles. The van der Waals surface area contributed by atoms with Crippen LogP contribution in [0.4, 0.5) is 13.2 Å². The third-order valence-electron chi connectivity index (χ3n) is 2.65. The Hall–Kier alpha value is -0.780. The maximum atomic E-state index is 12.0. The number of carbonyl (C=O) groups is 1. The van der Waals surface area contributed by atoms with Gasteiger partial charge in [0.15, 0.2) is 0 Å². The van der Waals surface area contributed by atoms with Crippen LogP contribution in [0.3, 0.4) is 0 Å². The Morgan fingerprint density at radius 3 is 2.75 bits per heavy atom. The van der Waals surface area contributed by atoms with Gasteiger partial charge >= 0.3 is 6.18 Å². The number of hydrogen-bond acceptors (Lipinski definition) is 2. The first-order valence-corrected chi connectivity index (χ1v) is 5.53. The molecule has 1 fully saturated rings. The van der Waals surface area contributed by atoms with Gasteiger partial charge in [0.1, 0.15) is 0 Å². The molecule has 1 atom stereocenters. The summed E-state index contributed by atoms with van der Waals surface area (Å²) in [5.41, 5.74) is 0. The molecule has 3 nitrogen and oxygen atoms in total. The molecule has 0 radical (unpaired) electrons. The number of nitrogens with one attached hydrogen (secondary N) is 1. The van der Waals surface area contributed by atoms with Crippen molar-refractivity contribution in [1.29, 1.82) is 0 Å². The lowest BCUT2D eigenvalue weighted by Crippen LogP contribution is -2.51. The fourth-order valence-corrected chi connectivity index (χ4v) is 1.86. The van der Waals surface area contributed by atoms with Crippen LogP contribution in [-0.4, -0.2) is 42.7 Å². The Bertz CT molecular complexity index is 241. The molecule has 1 unspecified atom stereocenters. The number of likely N-dealkylation sites (tertiary alicyclic amines) is 1. The standard InChI is InChI=1S/C10H17F3N2O/c1-2-14-8-4-3-6-15(9(8)16)7-5-10(11,12)13/h8,14H,2-7H2,1H3. The SMILES string of the molecule is CCNC1CCCN(CCC(F)(F)F)C1=O. The van der Waals surface area contributed by atoms with Crippen molar-refractivity contribution in [3.8, 4) is 0 Å². The maximum absolute atomic E-state index is 12.0. The van der Waals surface area contributed by atoms with E-state index in [0.717, 1.165) is 12.8 Å². The number of likely N-dealkylation sites (N-methyl/N-ethyl adjacent to an activating group) is 1. The number of halogens is 3. The molecule has 0 saturated carbocycles. The van der Waals surface area contributed by atoms with Gasteiger partial charge in [-0.05, 0) is 19.4 Å². The zero-order valence-corrected chi connectivity index (χ0v) is 9.31. The molecule has 1 rings (SSSR count). The summed E-state index contributed by atoms with van der Waals surface area (Å²) in [5.74, 6) is -0.197. The molecule has 0 aromatic heterocycles. The lowest BCUT2D eigenvalue weighted by molar-refractivity contribution is -0.148. The highest BCUT2D eigenvalue weighted by molar-refractivity contribution is 5.82. The lowest BCUT2D eigenvalue weighted by atomic mass is 10.0. The minimum absolute atomic E-state index is 0.197. The number of carbonyl (C=O) groups excluding carboxylic acids is 1. The van der Waals surface area contributed by atoms with Gasteiger partial charge in [-0.2, -0.15) is 13.2 Å². The molecule has 6 heteroatoms. The average Bonchev–Trinajstić information content (AvgIpc) is 2.18. The molecule has 0 aromatic carbocycles. The van der Waals surface area contributed by atoms with Crippen molar-refractivity contribution in [2.24, 2.45) is 0 Å². The highest BCUT2D eigenvalue weighted by Gasteiger charge is 2.32. The summed E-state index contributed by atoms with van der Waals surface area (Å²) in [5, 5.41) is 2.99. The van der Waals surface area contributed by atoms with E-state index in [-0.39, 0.29) is 18.5 Å². The number of alkyl halides is 3. The van der Waals surface area contributed by atoms with Crippen molar-refractivity contribution in [3.63, 3.8) is 0 Å². The number of nitrogens with zero attached hydrogens (tertiary/aromatic N) is 1. The predicted octanol–water partition coefficient (Wildman–Crippen LogP) is 1.54. The second-order valence-corrected chi connectivity index (χ2v) is 3.94. The number of hydrogen-bond donors (Lipinski definition) is 1. The molecular weight excluding hydrogens is 221 g/mol. The molecule has 1 saturated heterocycles. The van der Waals surface area contributed by atoms with Crippen molar-refractivity contribution in [2.45, 2.75) is 38.4 Å². The van der Waals surface area contributed by atoms with Crippen LogP contribution in [0.1, 0.15) is 26.2 Å². The van der Waals surface area contributed by atoms with E-state index < -0.39 is 12.6 Å². The second kappa shape index (κ2) is 5.52. The van der Waals surface area contributed by atoms with E-state index in [9.17, 15) is 18.0 Å². The van der Waals surface area contributed by atoms with Gasteiger partial charge in [0, 0.05) is 13.1 Å². The summed E-state index contributed by atoms with van der Waals surface area (Å²) >= 11 is 0. The van der Waals surface area contributed by atoms with Crippen molar-refractivity contribution in [1.82, 2.24) is 10.2 Å². The van der Waals surface area contributed by atoms with Gasteiger partial charge < -0.3 is 10.2 Å². The minimum Gasteiger partial charge on any atom is -0.341 e. The third kappa shape index (κ3) is 4.00. The minimum atomic E-state index is -4.19. The molecule has 1 amide bonds. The molecule has 0 aromatic rings.